The monoisotopic (exact) mass is 453 g/mol. The van der Waals surface area contributed by atoms with Gasteiger partial charge in [-0.15, -0.1) is 0 Å². The summed E-state index contributed by atoms with van der Waals surface area (Å²) in [7, 11) is 0. The number of aromatic nitrogens is 4. The molecule has 2 aromatic carbocycles. The molecule has 1 aliphatic heterocycles. The van der Waals surface area contributed by atoms with Gasteiger partial charge in [0.15, 0.2) is 10.8 Å². The molecule has 1 unspecified atom stereocenters. The molecule has 1 amide bonds. The second-order valence-corrected chi connectivity index (χ2v) is 8.48. The Morgan fingerprint density at radius 3 is 2.84 bits per heavy atom. The zero-order valence-electron chi connectivity index (χ0n) is 16.9. The van der Waals surface area contributed by atoms with Crippen LogP contribution in [0.15, 0.2) is 58.6 Å². The summed E-state index contributed by atoms with van der Waals surface area (Å²) in [5, 5.41) is 7.67. The SMILES string of the molecule is Cc1ccccc1-n1ncc2c(=O)n3c(nc21)SCC3CC(=O)Nc1ccc(F)cc1F. The number of nitrogens with one attached hydrogen (secondary N) is 1. The molecule has 5 rings (SSSR count). The van der Waals surface area contributed by atoms with Gasteiger partial charge in [0.25, 0.3) is 5.56 Å². The summed E-state index contributed by atoms with van der Waals surface area (Å²) < 4.78 is 30.1. The molecule has 0 spiro atoms. The van der Waals surface area contributed by atoms with Crippen LogP contribution in [0.3, 0.4) is 0 Å². The second-order valence-electron chi connectivity index (χ2n) is 7.49. The van der Waals surface area contributed by atoms with Crippen molar-refractivity contribution in [1.82, 2.24) is 19.3 Å². The van der Waals surface area contributed by atoms with Crippen molar-refractivity contribution >= 4 is 34.4 Å². The molecule has 0 aliphatic carbocycles. The van der Waals surface area contributed by atoms with Gasteiger partial charge in [-0.3, -0.25) is 14.2 Å². The van der Waals surface area contributed by atoms with Gasteiger partial charge in [-0.05, 0) is 30.7 Å². The van der Waals surface area contributed by atoms with Crippen LogP contribution in [0, 0.1) is 18.6 Å². The lowest BCUT2D eigenvalue weighted by Gasteiger charge is -2.14. The summed E-state index contributed by atoms with van der Waals surface area (Å²) >= 11 is 1.38. The van der Waals surface area contributed by atoms with E-state index in [9.17, 15) is 18.4 Å². The normalized spacial score (nSPS) is 15.2. The second kappa shape index (κ2) is 7.86. The molecule has 0 fully saturated rings. The van der Waals surface area contributed by atoms with Crippen LogP contribution in [0.2, 0.25) is 0 Å². The van der Waals surface area contributed by atoms with Crippen molar-refractivity contribution in [3.05, 3.63) is 76.2 Å². The highest BCUT2D eigenvalue weighted by Gasteiger charge is 2.30. The summed E-state index contributed by atoms with van der Waals surface area (Å²) in [4.78, 5) is 30.4. The highest BCUT2D eigenvalue weighted by atomic mass is 32.2. The van der Waals surface area contributed by atoms with Crippen molar-refractivity contribution in [3.63, 3.8) is 0 Å². The number of amides is 1. The molecule has 0 saturated carbocycles. The maximum Gasteiger partial charge on any atom is 0.265 e. The number of aryl methyl sites for hydroxylation is 1. The van der Waals surface area contributed by atoms with Gasteiger partial charge >= 0.3 is 0 Å². The molecule has 10 heteroatoms. The predicted octanol–water partition coefficient (Wildman–Crippen LogP) is 3.84. The first-order chi connectivity index (χ1) is 15.4. The fraction of sp³-hybridized carbons (Fsp3) is 0.182. The quantitative estimate of drug-likeness (QED) is 0.475. The summed E-state index contributed by atoms with van der Waals surface area (Å²) in [5.74, 6) is -1.58. The highest BCUT2D eigenvalue weighted by molar-refractivity contribution is 7.99. The Bertz CT molecular complexity index is 1430. The van der Waals surface area contributed by atoms with Crippen LogP contribution in [0.1, 0.15) is 18.0 Å². The third kappa shape index (κ3) is 3.46. The summed E-state index contributed by atoms with van der Waals surface area (Å²) in [5.41, 5.74) is 1.90. The smallest absolute Gasteiger partial charge is 0.265 e. The number of carbonyl (C=O) groups excluding carboxylic acids is 1. The van der Waals surface area contributed by atoms with Crippen molar-refractivity contribution in [3.8, 4) is 5.69 Å². The first-order valence-corrected chi connectivity index (χ1v) is 10.8. The van der Waals surface area contributed by atoms with E-state index in [4.69, 9.17) is 0 Å². The molecule has 1 N–H and O–H groups in total. The lowest BCUT2D eigenvalue weighted by molar-refractivity contribution is -0.116. The van der Waals surface area contributed by atoms with Crippen LogP contribution in [0.4, 0.5) is 14.5 Å². The summed E-state index contributed by atoms with van der Waals surface area (Å²) in [6.45, 7) is 1.95. The zero-order chi connectivity index (χ0) is 22.4. The molecule has 3 heterocycles. The van der Waals surface area contributed by atoms with Crippen LogP contribution in [-0.2, 0) is 4.79 Å². The van der Waals surface area contributed by atoms with E-state index in [2.05, 4.69) is 15.4 Å². The number of halogens is 2. The van der Waals surface area contributed by atoms with Crippen molar-refractivity contribution in [2.75, 3.05) is 11.1 Å². The van der Waals surface area contributed by atoms with Crippen molar-refractivity contribution in [2.45, 2.75) is 24.5 Å². The van der Waals surface area contributed by atoms with Gasteiger partial charge in [0, 0.05) is 18.2 Å². The molecule has 32 heavy (non-hydrogen) atoms. The van der Waals surface area contributed by atoms with Gasteiger partial charge in [-0.25, -0.2) is 18.4 Å². The Morgan fingerprint density at radius 2 is 2.06 bits per heavy atom. The predicted molar refractivity (Wildman–Crippen MR) is 117 cm³/mol. The molecule has 1 aliphatic rings. The number of anilines is 1. The first-order valence-electron chi connectivity index (χ1n) is 9.86. The maximum absolute atomic E-state index is 13.8. The minimum absolute atomic E-state index is 0.0458. The summed E-state index contributed by atoms with van der Waals surface area (Å²) in [6.07, 6.45) is 1.44. The number of thioether (sulfide) groups is 1. The van der Waals surface area contributed by atoms with Crippen LogP contribution in [-0.4, -0.2) is 31.0 Å². The highest BCUT2D eigenvalue weighted by Crippen LogP contribution is 2.34. The molecule has 4 aromatic rings. The number of nitrogens with zero attached hydrogens (tertiary/aromatic N) is 4. The van der Waals surface area contributed by atoms with Crippen molar-refractivity contribution < 1.29 is 13.6 Å². The topological polar surface area (TPSA) is 81.8 Å². The van der Waals surface area contributed by atoms with E-state index in [1.807, 2.05) is 31.2 Å². The van der Waals surface area contributed by atoms with Gasteiger partial charge in [-0.1, -0.05) is 30.0 Å². The third-order valence-electron chi connectivity index (χ3n) is 5.34. The Morgan fingerprint density at radius 1 is 1.25 bits per heavy atom. The largest absolute Gasteiger partial charge is 0.324 e. The fourth-order valence-corrected chi connectivity index (χ4v) is 4.89. The van der Waals surface area contributed by atoms with E-state index in [1.165, 1.54) is 22.5 Å². The number of rotatable bonds is 4. The van der Waals surface area contributed by atoms with Gasteiger partial charge in [-0.2, -0.15) is 5.10 Å². The number of fused-ring (bicyclic) bond motifs is 2. The van der Waals surface area contributed by atoms with Gasteiger partial charge in [0.1, 0.15) is 17.0 Å². The molecule has 0 bridgehead atoms. The number of para-hydroxylation sites is 1. The third-order valence-corrected chi connectivity index (χ3v) is 6.44. The molecule has 0 radical (unpaired) electrons. The molecule has 0 saturated heterocycles. The van der Waals surface area contributed by atoms with E-state index in [1.54, 1.807) is 4.68 Å². The van der Waals surface area contributed by atoms with Gasteiger partial charge in [0.05, 0.1) is 23.6 Å². The Balaban J connectivity index is 1.45. The van der Waals surface area contributed by atoms with Crippen LogP contribution in [0.5, 0.6) is 0 Å². The maximum atomic E-state index is 13.8. The van der Waals surface area contributed by atoms with Crippen LogP contribution >= 0.6 is 11.8 Å². The minimum atomic E-state index is -0.858. The van der Waals surface area contributed by atoms with Crippen LogP contribution < -0.4 is 10.9 Å². The number of carbonyl (C=O) groups is 1. The lowest BCUT2D eigenvalue weighted by Crippen LogP contribution is -2.28. The van der Waals surface area contributed by atoms with Gasteiger partial charge in [0.2, 0.25) is 5.91 Å². The van der Waals surface area contributed by atoms with E-state index in [-0.39, 0.29) is 17.7 Å². The Hall–Kier alpha value is -3.53. The van der Waals surface area contributed by atoms with Crippen molar-refractivity contribution in [2.24, 2.45) is 0 Å². The molecular weight excluding hydrogens is 436 g/mol. The first kappa shape index (κ1) is 20.4. The van der Waals surface area contributed by atoms with Crippen molar-refractivity contribution in [1.29, 1.82) is 0 Å². The van der Waals surface area contributed by atoms with E-state index < -0.39 is 23.6 Å². The molecule has 162 valence electrons. The minimum Gasteiger partial charge on any atom is -0.324 e. The average Bonchev–Trinajstić information content (AvgIpc) is 3.36. The molecule has 7 nitrogen and oxygen atoms in total. The Kier molecular flexibility index (Phi) is 5.01. The molecule has 2 aromatic heterocycles. The average molecular weight is 453 g/mol. The molecule has 1 atom stereocenters. The number of hydrogen-bond acceptors (Lipinski definition) is 5. The lowest BCUT2D eigenvalue weighted by atomic mass is 10.2. The van der Waals surface area contributed by atoms with Gasteiger partial charge < -0.3 is 5.32 Å². The fourth-order valence-electron chi connectivity index (χ4n) is 3.76. The Labute approximate surface area is 185 Å². The number of benzene rings is 2. The zero-order valence-corrected chi connectivity index (χ0v) is 17.7. The number of hydrogen-bond donors (Lipinski definition) is 1. The summed E-state index contributed by atoms with van der Waals surface area (Å²) in [6, 6.07) is 10.2. The van der Waals surface area contributed by atoms with E-state index >= 15 is 0 Å². The van der Waals surface area contributed by atoms with E-state index in [0.29, 0.717) is 28.0 Å². The molecular formula is C22H17F2N5O2S. The van der Waals surface area contributed by atoms with E-state index in [0.717, 1.165) is 23.4 Å². The standard InChI is InChI=1S/C22H17F2N5O2S/c1-12-4-2-3-5-18(12)29-20-15(10-25-29)21(31)28-14(11-32-22(28)27-20)9-19(30)26-17-7-6-13(23)8-16(17)24/h2-8,10,14H,9,11H2,1H3,(H,26,30). The van der Waals surface area contributed by atoms with Crippen LogP contribution in [0.25, 0.3) is 16.7 Å².